The van der Waals surface area contributed by atoms with Crippen LogP contribution in [0.15, 0.2) is 65.8 Å². The van der Waals surface area contributed by atoms with Crippen LogP contribution >= 0.6 is 11.8 Å². The fourth-order valence-corrected chi connectivity index (χ4v) is 3.11. The summed E-state index contributed by atoms with van der Waals surface area (Å²) in [5.41, 5.74) is 3.07. The summed E-state index contributed by atoms with van der Waals surface area (Å²) in [6.45, 7) is -1.01. The molecule has 0 saturated carbocycles. The van der Waals surface area contributed by atoms with E-state index < -0.39 is 6.61 Å². The quantitative estimate of drug-likeness (QED) is 0.456. The molecule has 1 heterocycles. The fraction of sp³-hybridized carbons (Fsp3) is 0.150. The Balaban J connectivity index is 1.59. The summed E-state index contributed by atoms with van der Waals surface area (Å²) >= 11 is 1.22. The van der Waals surface area contributed by atoms with Crippen molar-refractivity contribution < 1.29 is 18.3 Å². The standard InChI is InChI=1S/C20H17F2N3O2S/c1-13-11-17(14-5-3-2-4-6-14)25-20(23-13)28-12-18(26)24-15-7-9-16(10-8-15)27-19(21)22/h2-11,19H,12H2,1H3,(H,24,26). The third-order valence-electron chi connectivity index (χ3n) is 3.60. The Morgan fingerprint density at radius 1 is 1.11 bits per heavy atom. The van der Waals surface area contributed by atoms with Gasteiger partial charge in [-0.3, -0.25) is 4.79 Å². The monoisotopic (exact) mass is 401 g/mol. The van der Waals surface area contributed by atoms with Crippen molar-refractivity contribution in [2.24, 2.45) is 0 Å². The molecule has 0 aliphatic carbocycles. The minimum absolute atomic E-state index is 0.0315. The largest absolute Gasteiger partial charge is 0.435 e. The molecule has 2 aromatic carbocycles. The van der Waals surface area contributed by atoms with Gasteiger partial charge < -0.3 is 10.1 Å². The molecule has 0 aliphatic rings. The van der Waals surface area contributed by atoms with Crippen molar-refractivity contribution in [2.45, 2.75) is 18.7 Å². The second kappa shape index (κ2) is 9.27. The van der Waals surface area contributed by atoms with E-state index in [0.717, 1.165) is 17.0 Å². The van der Waals surface area contributed by atoms with E-state index in [1.807, 2.05) is 43.3 Å². The Kier molecular flexibility index (Phi) is 6.54. The SMILES string of the molecule is Cc1cc(-c2ccccc2)nc(SCC(=O)Nc2ccc(OC(F)F)cc2)n1. The molecule has 0 saturated heterocycles. The molecule has 3 aromatic rings. The van der Waals surface area contributed by atoms with Crippen molar-refractivity contribution in [1.29, 1.82) is 0 Å². The summed E-state index contributed by atoms with van der Waals surface area (Å²) in [6, 6.07) is 17.3. The second-order valence-electron chi connectivity index (χ2n) is 5.78. The predicted octanol–water partition coefficient (Wildman–Crippen LogP) is 4.78. The highest BCUT2D eigenvalue weighted by molar-refractivity contribution is 7.99. The van der Waals surface area contributed by atoms with Crippen LogP contribution in [0.1, 0.15) is 5.69 Å². The maximum atomic E-state index is 12.2. The number of carbonyl (C=O) groups excluding carboxylic acids is 1. The minimum Gasteiger partial charge on any atom is -0.435 e. The van der Waals surface area contributed by atoms with Gasteiger partial charge in [-0.15, -0.1) is 0 Å². The van der Waals surface area contributed by atoms with E-state index in [2.05, 4.69) is 20.0 Å². The first-order chi connectivity index (χ1) is 13.5. The number of amides is 1. The topological polar surface area (TPSA) is 64.1 Å². The Morgan fingerprint density at radius 2 is 1.82 bits per heavy atom. The summed E-state index contributed by atoms with van der Waals surface area (Å²) in [5, 5.41) is 3.20. The number of ether oxygens (including phenoxy) is 1. The first-order valence-electron chi connectivity index (χ1n) is 8.38. The summed E-state index contributed by atoms with van der Waals surface area (Å²) in [7, 11) is 0. The van der Waals surface area contributed by atoms with Crippen LogP contribution < -0.4 is 10.1 Å². The Labute approximate surface area is 165 Å². The van der Waals surface area contributed by atoms with Gasteiger partial charge in [0.05, 0.1) is 11.4 Å². The lowest BCUT2D eigenvalue weighted by Crippen LogP contribution is -2.14. The molecule has 0 aliphatic heterocycles. The highest BCUT2D eigenvalue weighted by atomic mass is 32.2. The zero-order chi connectivity index (χ0) is 19.9. The summed E-state index contributed by atoms with van der Waals surface area (Å²) in [5.74, 6) is -0.102. The van der Waals surface area contributed by atoms with Gasteiger partial charge in [0.25, 0.3) is 0 Å². The van der Waals surface area contributed by atoms with Gasteiger partial charge >= 0.3 is 6.61 Å². The van der Waals surface area contributed by atoms with Crippen LogP contribution in [0.2, 0.25) is 0 Å². The molecule has 0 bridgehead atoms. The zero-order valence-electron chi connectivity index (χ0n) is 14.9. The molecule has 28 heavy (non-hydrogen) atoms. The Morgan fingerprint density at radius 3 is 2.50 bits per heavy atom. The van der Waals surface area contributed by atoms with Crippen molar-refractivity contribution in [2.75, 3.05) is 11.1 Å². The van der Waals surface area contributed by atoms with Gasteiger partial charge in [-0.2, -0.15) is 8.78 Å². The van der Waals surface area contributed by atoms with Crippen LogP contribution in [0.4, 0.5) is 14.5 Å². The summed E-state index contributed by atoms with van der Waals surface area (Å²) < 4.78 is 28.6. The number of aryl methyl sites for hydroxylation is 1. The zero-order valence-corrected chi connectivity index (χ0v) is 15.7. The van der Waals surface area contributed by atoms with Crippen LogP contribution in [0.5, 0.6) is 5.75 Å². The third-order valence-corrected chi connectivity index (χ3v) is 4.45. The average Bonchev–Trinajstić information content (AvgIpc) is 2.68. The van der Waals surface area contributed by atoms with E-state index in [0.29, 0.717) is 10.8 Å². The lowest BCUT2D eigenvalue weighted by atomic mass is 10.1. The number of nitrogens with one attached hydrogen (secondary N) is 1. The number of hydrogen-bond acceptors (Lipinski definition) is 5. The number of anilines is 1. The number of alkyl halides is 2. The second-order valence-corrected chi connectivity index (χ2v) is 6.73. The lowest BCUT2D eigenvalue weighted by molar-refractivity contribution is -0.113. The highest BCUT2D eigenvalue weighted by Crippen LogP contribution is 2.22. The van der Waals surface area contributed by atoms with Crippen LogP contribution in [-0.4, -0.2) is 28.2 Å². The fourth-order valence-electron chi connectivity index (χ4n) is 2.41. The van der Waals surface area contributed by atoms with Crippen LogP contribution in [0.3, 0.4) is 0 Å². The first kappa shape index (κ1) is 19.8. The minimum atomic E-state index is -2.88. The smallest absolute Gasteiger partial charge is 0.387 e. The Hall–Kier alpha value is -3.00. The molecule has 5 nitrogen and oxygen atoms in total. The number of benzene rings is 2. The number of nitrogens with zero attached hydrogens (tertiary/aromatic N) is 2. The van der Waals surface area contributed by atoms with E-state index in [-0.39, 0.29) is 17.4 Å². The molecule has 1 aromatic heterocycles. The molecule has 0 atom stereocenters. The van der Waals surface area contributed by atoms with E-state index in [1.165, 1.54) is 36.0 Å². The third kappa shape index (κ3) is 5.75. The maximum absolute atomic E-state index is 12.2. The van der Waals surface area contributed by atoms with Gasteiger partial charge in [0.15, 0.2) is 5.16 Å². The van der Waals surface area contributed by atoms with Gasteiger partial charge in [0.1, 0.15) is 5.75 Å². The molecular weight excluding hydrogens is 384 g/mol. The van der Waals surface area contributed by atoms with Crippen LogP contribution in [-0.2, 0) is 4.79 Å². The molecule has 1 N–H and O–H groups in total. The van der Waals surface area contributed by atoms with Crippen molar-refractivity contribution in [1.82, 2.24) is 9.97 Å². The van der Waals surface area contributed by atoms with Gasteiger partial charge in [0.2, 0.25) is 5.91 Å². The number of thioether (sulfide) groups is 1. The Bertz CT molecular complexity index is 938. The van der Waals surface area contributed by atoms with E-state index in [1.54, 1.807) is 0 Å². The number of rotatable bonds is 7. The van der Waals surface area contributed by atoms with Crippen LogP contribution in [0, 0.1) is 6.92 Å². The van der Waals surface area contributed by atoms with Crippen molar-refractivity contribution >= 4 is 23.4 Å². The van der Waals surface area contributed by atoms with E-state index >= 15 is 0 Å². The van der Waals surface area contributed by atoms with E-state index in [9.17, 15) is 13.6 Å². The van der Waals surface area contributed by atoms with Crippen LogP contribution in [0.25, 0.3) is 11.3 Å². The van der Waals surface area contributed by atoms with Gasteiger partial charge in [-0.25, -0.2) is 9.97 Å². The summed E-state index contributed by atoms with van der Waals surface area (Å²) in [4.78, 5) is 21.0. The maximum Gasteiger partial charge on any atom is 0.387 e. The number of aromatic nitrogens is 2. The molecule has 1 amide bonds. The molecule has 3 rings (SSSR count). The highest BCUT2D eigenvalue weighted by Gasteiger charge is 2.09. The molecule has 0 spiro atoms. The predicted molar refractivity (Wildman–Crippen MR) is 105 cm³/mol. The average molecular weight is 401 g/mol. The molecule has 0 fully saturated rings. The van der Waals surface area contributed by atoms with Crippen molar-refractivity contribution in [3.8, 4) is 17.0 Å². The molecule has 0 unspecified atom stereocenters. The van der Waals surface area contributed by atoms with Gasteiger partial charge in [0, 0.05) is 16.9 Å². The van der Waals surface area contributed by atoms with Gasteiger partial charge in [-0.1, -0.05) is 42.1 Å². The first-order valence-corrected chi connectivity index (χ1v) is 9.37. The molecular formula is C20H17F2N3O2S. The number of carbonyl (C=O) groups is 1. The van der Waals surface area contributed by atoms with Crippen molar-refractivity contribution in [3.05, 3.63) is 66.4 Å². The number of halogens is 2. The van der Waals surface area contributed by atoms with E-state index in [4.69, 9.17) is 0 Å². The number of hydrogen-bond donors (Lipinski definition) is 1. The summed E-state index contributed by atoms with van der Waals surface area (Å²) in [6.07, 6.45) is 0. The molecule has 144 valence electrons. The molecule has 8 heteroatoms. The lowest BCUT2D eigenvalue weighted by Gasteiger charge is -2.08. The molecule has 0 radical (unpaired) electrons. The van der Waals surface area contributed by atoms with Crippen molar-refractivity contribution in [3.63, 3.8) is 0 Å². The van der Waals surface area contributed by atoms with Gasteiger partial charge in [-0.05, 0) is 37.3 Å². The normalized spacial score (nSPS) is 10.7.